The van der Waals surface area contributed by atoms with Gasteiger partial charge in [-0.1, -0.05) is 0 Å². The number of nitrogens with zero attached hydrogens (tertiary/aromatic N) is 4. The van der Waals surface area contributed by atoms with E-state index in [1.165, 1.54) is 12.4 Å². The number of ether oxygens (including phenoxy) is 1. The van der Waals surface area contributed by atoms with Crippen molar-refractivity contribution in [3.63, 3.8) is 0 Å². The summed E-state index contributed by atoms with van der Waals surface area (Å²) >= 11 is 0. The van der Waals surface area contributed by atoms with Crippen LogP contribution in [0.5, 0.6) is 0 Å². The summed E-state index contributed by atoms with van der Waals surface area (Å²) in [5.41, 5.74) is -1.09. The van der Waals surface area contributed by atoms with E-state index in [1.54, 1.807) is 20.8 Å². The summed E-state index contributed by atoms with van der Waals surface area (Å²) < 4.78 is 45.7. The molecule has 2 saturated carbocycles. The van der Waals surface area contributed by atoms with E-state index < -0.39 is 29.5 Å². The molecule has 0 spiro atoms. The van der Waals surface area contributed by atoms with E-state index in [0.29, 0.717) is 50.2 Å². The lowest BCUT2D eigenvalue weighted by atomic mass is 9.78. The van der Waals surface area contributed by atoms with Gasteiger partial charge in [-0.15, -0.1) is 0 Å². The second-order valence-electron chi connectivity index (χ2n) is 14.4. The zero-order valence-electron chi connectivity index (χ0n) is 27.9. The molecule has 258 valence electrons. The molecule has 3 aliphatic rings. The molecule has 5 rings (SSSR count). The van der Waals surface area contributed by atoms with Crippen LogP contribution in [-0.2, 0) is 20.5 Å². The molecular weight excluding hydrogens is 615 g/mol. The molecular formula is C33H46F3N7O4. The molecule has 3 N–H and O–H groups in total. The summed E-state index contributed by atoms with van der Waals surface area (Å²) in [5, 5.41) is 9.38. The first-order chi connectivity index (χ1) is 22.0. The van der Waals surface area contributed by atoms with Crippen molar-refractivity contribution in [2.45, 2.75) is 121 Å². The number of likely N-dealkylation sites (tertiary alicyclic amines) is 1. The van der Waals surface area contributed by atoms with Gasteiger partial charge in [-0.3, -0.25) is 9.59 Å². The Balaban J connectivity index is 1.26. The molecule has 2 aliphatic carbocycles. The first-order valence-electron chi connectivity index (χ1n) is 16.4. The minimum absolute atomic E-state index is 0.0932. The van der Waals surface area contributed by atoms with Gasteiger partial charge in [0.25, 0.3) is 0 Å². The van der Waals surface area contributed by atoms with Crippen molar-refractivity contribution in [2.24, 2.45) is 5.92 Å². The molecule has 0 unspecified atom stereocenters. The number of hydrogen-bond donors (Lipinski definition) is 3. The van der Waals surface area contributed by atoms with Crippen LogP contribution in [0.25, 0.3) is 10.9 Å². The Morgan fingerprint density at radius 3 is 2.43 bits per heavy atom. The smallest absolute Gasteiger partial charge is 0.416 e. The third kappa shape index (κ3) is 8.07. The summed E-state index contributed by atoms with van der Waals surface area (Å²) in [6, 6.07) is 2.47. The molecule has 1 saturated heterocycles. The highest BCUT2D eigenvalue weighted by atomic mass is 19.4. The fraction of sp³-hybridized carbons (Fsp3) is 0.667. The number of carbonyl (C=O) groups is 3. The molecule has 11 nitrogen and oxygen atoms in total. The number of rotatable bonds is 8. The Kier molecular flexibility index (Phi) is 9.91. The molecule has 47 heavy (non-hydrogen) atoms. The minimum Gasteiger partial charge on any atom is -0.444 e. The van der Waals surface area contributed by atoms with E-state index in [2.05, 4.69) is 51.7 Å². The number of hydrogen-bond acceptors (Lipinski definition) is 8. The third-order valence-corrected chi connectivity index (χ3v) is 9.65. The molecule has 3 fully saturated rings. The Labute approximate surface area is 273 Å². The third-order valence-electron chi connectivity index (χ3n) is 9.65. The van der Waals surface area contributed by atoms with E-state index >= 15 is 0 Å². The van der Waals surface area contributed by atoms with Crippen molar-refractivity contribution in [3.05, 3.63) is 30.1 Å². The van der Waals surface area contributed by atoms with Crippen LogP contribution in [0, 0.1) is 5.92 Å². The van der Waals surface area contributed by atoms with Gasteiger partial charge >= 0.3 is 12.3 Å². The van der Waals surface area contributed by atoms with E-state index in [9.17, 15) is 27.6 Å². The van der Waals surface area contributed by atoms with Gasteiger partial charge in [0.1, 0.15) is 23.8 Å². The Bertz CT molecular complexity index is 1470. The van der Waals surface area contributed by atoms with Gasteiger partial charge in [0, 0.05) is 36.0 Å². The van der Waals surface area contributed by atoms with E-state index in [-0.39, 0.29) is 53.1 Å². The van der Waals surface area contributed by atoms with Gasteiger partial charge in [-0.2, -0.15) is 13.2 Å². The highest BCUT2D eigenvalue weighted by Crippen LogP contribution is 2.35. The van der Waals surface area contributed by atoms with Crippen LogP contribution in [-0.4, -0.2) is 93.1 Å². The number of benzene rings is 1. The van der Waals surface area contributed by atoms with Crippen LogP contribution in [0.3, 0.4) is 0 Å². The number of amides is 3. The topological polar surface area (TPSA) is 129 Å². The van der Waals surface area contributed by atoms with Gasteiger partial charge in [0.15, 0.2) is 0 Å². The van der Waals surface area contributed by atoms with Crippen molar-refractivity contribution in [1.82, 2.24) is 30.4 Å². The lowest BCUT2D eigenvalue weighted by Gasteiger charge is -2.45. The van der Waals surface area contributed by atoms with Crippen molar-refractivity contribution >= 4 is 34.6 Å². The van der Waals surface area contributed by atoms with Gasteiger partial charge in [0.05, 0.1) is 23.2 Å². The molecule has 1 aliphatic heterocycles. The molecule has 4 atom stereocenters. The number of alkyl carbamates (subject to hydrolysis) is 1. The second kappa shape index (κ2) is 13.4. The van der Waals surface area contributed by atoms with Crippen molar-refractivity contribution < 1.29 is 32.3 Å². The summed E-state index contributed by atoms with van der Waals surface area (Å²) in [4.78, 5) is 51.8. The van der Waals surface area contributed by atoms with Crippen LogP contribution in [0.1, 0.15) is 78.7 Å². The predicted molar refractivity (Wildman–Crippen MR) is 170 cm³/mol. The lowest BCUT2D eigenvalue weighted by molar-refractivity contribution is -0.137. The molecule has 1 aromatic heterocycles. The summed E-state index contributed by atoms with van der Waals surface area (Å²) in [7, 11) is 2.07. The molecule has 2 heterocycles. The maximum atomic E-state index is 13.8. The first kappa shape index (κ1) is 34.6. The van der Waals surface area contributed by atoms with Crippen LogP contribution >= 0.6 is 0 Å². The number of aromatic nitrogens is 2. The Morgan fingerprint density at radius 2 is 1.77 bits per heavy atom. The average molecular weight is 662 g/mol. The normalized spacial score (nSPS) is 26.8. The molecule has 3 amide bonds. The number of carbonyl (C=O) groups excluding carboxylic acids is 3. The van der Waals surface area contributed by atoms with Crippen molar-refractivity contribution in [2.75, 3.05) is 18.9 Å². The number of halogens is 3. The first-order valence-corrected chi connectivity index (χ1v) is 16.4. The molecule has 0 bridgehead atoms. The monoisotopic (exact) mass is 661 g/mol. The van der Waals surface area contributed by atoms with Crippen LogP contribution in [0.2, 0.25) is 0 Å². The Morgan fingerprint density at radius 1 is 1.04 bits per heavy atom. The second-order valence-corrected chi connectivity index (χ2v) is 14.4. The van der Waals surface area contributed by atoms with Gasteiger partial charge in [-0.05, 0) is 98.4 Å². The van der Waals surface area contributed by atoms with Gasteiger partial charge < -0.3 is 30.5 Å². The fourth-order valence-electron chi connectivity index (χ4n) is 6.85. The Hall–Kier alpha value is -3.68. The highest BCUT2D eigenvalue weighted by molar-refractivity contribution is 5.93. The lowest BCUT2D eigenvalue weighted by Crippen LogP contribution is -2.60. The van der Waals surface area contributed by atoms with E-state index in [0.717, 1.165) is 18.6 Å². The summed E-state index contributed by atoms with van der Waals surface area (Å²) in [6.07, 6.45) is -0.0734. The zero-order valence-corrected chi connectivity index (χ0v) is 27.9. The van der Waals surface area contributed by atoms with Gasteiger partial charge in [0.2, 0.25) is 11.8 Å². The maximum absolute atomic E-state index is 13.8. The van der Waals surface area contributed by atoms with Crippen LogP contribution < -0.4 is 16.0 Å². The molecule has 14 heteroatoms. The fourth-order valence-corrected chi connectivity index (χ4v) is 6.85. The summed E-state index contributed by atoms with van der Waals surface area (Å²) in [6.45, 7) is 10.1. The minimum atomic E-state index is -4.53. The van der Waals surface area contributed by atoms with E-state index in [1.807, 2.05) is 4.90 Å². The molecule has 1 aromatic carbocycles. The van der Waals surface area contributed by atoms with Gasteiger partial charge in [-0.25, -0.2) is 14.8 Å². The standard InChI is InChI=1S/C33H46F3N7O4/c1-18(2)42(6)22-8-10-27(26(16-22)41-29(44)19-13-21(14-19)39-31(46)47-32(3,4)5)43-12-11-25(30(43)45)40-28-23-15-20(33(34,35)36)7-9-24(23)37-17-38-28/h7,9,15,17-19,21-22,25-27H,8,10-14,16H2,1-6H3,(H,39,46)(H,41,44)(H,37,38,40)/t19?,21?,22-,25+,26-,27+/m1/s1. The number of alkyl halides is 3. The number of nitrogens with one attached hydrogen (secondary N) is 3. The molecule has 0 radical (unpaired) electrons. The largest absolute Gasteiger partial charge is 0.444 e. The number of fused-ring (bicyclic) bond motifs is 1. The van der Waals surface area contributed by atoms with Crippen molar-refractivity contribution in [3.8, 4) is 0 Å². The average Bonchev–Trinajstić information content (AvgIpc) is 3.31. The van der Waals surface area contributed by atoms with Crippen molar-refractivity contribution in [1.29, 1.82) is 0 Å². The molecule has 2 aromatic rings. The summed E-state index contributed by atoms with van der Waals surface area (Å²) in [5.74, 6) is -0.346. The highest BCUT2D eigenvalue weighted by Gasteiger charge is 2.45. The van der Waals surface area contributed by atoms with Crippen LogP contribution in [0.15, 0.2) is 24.5 Å². The van der Waals surface area contributed by atoms with E-state index in [4.69, 9.17) is 4.74 Å². The van der Waals surface area contributed by atoms with Crippen LogP contribution in [0.4, 0.5) is 23.8 Å². The SMILES string of the molecule is CC(C)N(C)[C@@H]1CC[C@H](N2CC[C@H](Nc3ncnc4ccc(C(F)(F)F)cc34)C2=O)[C@H](NC(=O)C2CC(NC(=O)OC(C)(C)C)C2)C1. The zero-order chi connectivity index (χ0) is 34.3. The quantitative estimate of drug-likeness (QED) is 0.371. The predicted octanol–water partition coefficient (Wildman–Crippen LogP) is 4.71. The number of anilines is 1. The maximum Gasteiger partial charge on any atom is 0.416 e.